The van der Waals surface area contributed by atoms with E-state index in [1.165, 1.54) is 29.8 Å². The first-order valence-corrected chi connectivity index (χ1v) is 7.83. The molecule has 0 amide bonds. The summed E-state index contributed by atoms with van der Waals surface area (Å²) < 4.78 is 41.2. The molecule has 0 bridgehead atoms. The van der Waals surface area contributed by atoms with Crippen molar-refractivity contribution in [2.45, 2.75) is 39.4 Å². The highest BCUT2D eigenvalue weighted by molar-refractivity contribution is 5.75. The normalized spacial score (nSPS) is 13.3. The van der Waals surface area contributed by atoms with Crippen molar-refractivity contribution in [1.29, 1.82) is 0 Å². The number of imidazole rings is 1. The van der Waals surface area contributed by atoms with Crippen molar-refractivity contribution in [3.05, 3.63) is 40.3 Å². The lowest BCUT2D eigenvalue weighted by Gasteiger charge is -2.19. The molecule has 0 aliphatic rings. The van der Waals surface area contributed by atoms with Gasteiger partial charge in [-0.15, -0.1) is 0 Å². The van der Waals surface area contributed by atoms with Crippen molar-refractivity contribution in [2.75, 3.05) is 5.32 Å². The molecule has 0 aliphatic carbocycles. The lowest BCUT2D eigenvalue weighted by atomic mass is 10.0. The van der Waals surface area contributed by atoms with Gasteiger partial charge in [0.1, 0.15) is 5.82 Å². The van der Waals surface area contributed by atoms with Crippen molar-refractivity contribution in [3.8, 4) is 11.3 Å². The van der Waals surface area contributed by atoms with Gasteiger partial charge in [0.2, 0.25) is 0 Å². The first-order valence-electron chi connectivity index (χ1n) is 7.83. The van der Waals surface area contributed by atoms with Crippen molar-refractivity contribution in [3.63, 3.8) is 0 Å². The highest BCUT2D eigenvalue weighted by Gasteiger charge is 2.35. The predicted octanol–water partition coefficient (Wildman–Crippen LogP) is 4.25. The number of aromatic amines is 1. The summed E-state index contributed by atoms with van der Waals surface area (Å²) in [6, 6.07) is 5.28. The molecule has 0 saturated heterocycles. The molecule has 132 valence electrons. The Hall–Kier alpha value is -2.18. The molecule has 0 aliphatic heterocycles. The molecule has 4 nitrogen and oxygen atoms in total. The van der Waals surface area contributed by atoms with Crippen LogP contribution in [0.25, 0.3) is 11.3 Å². The topological polar surface area (TPSA) is 49.8 Å². The molecule has 1 atom stereocenters. The zero-order chi connectivity index (χ0) is 18.1. The fraction of sp³-hybridized carbons (Fsp3) is 0.471. The second-order valence-corrected chi connectivity index (χ2v) is 6.43. The summed E-state index contributed by atoms with van der Waals surface area (Å²) in [6.07, 6.45) is -3.66. The van der Waals surface area contributed by atoms with Gasteiger partial charge >= 0.3 is 11.9 Å². The molecule has 2 N–H and O–H groups in total. The average Bonchev–Trinajstić information content (AvgIpc) is 2.71. The molecule has 0 spiro atoms. The number of halogens is 3. The second-order valence-electron chi connectivity index (χ2n) is 6.43. The Morgan fingerprint density at radius 3 is 2.42 bits per heavy atom. The van der Waals surface area contributed by atoms with Gasteiger partial charge in [-0.3, -0.25) is 9.55 Å². The minimum Gasteiger partial charge on any atom is -0.367 e. The Bertz CT molecular complexity index is 759. The largest absolute Gasteiger partial charge is 0.417 e. The van der Waals surface area contributed by atoms with E-state index in [0.717, 1.165) is 12.5 Å². The fourth-order valence-corrected chi connectivity index (χ4v) is 2.89. The van der Waals surface area contributed by atoms with Crippen LogP contribution in [0.4, 0.5) is 19.0 Å². The highest BCUT2D eigenvalue weighted by Crippen LogP contribution is 2.38. The molecule has 0 fully saturated rings. The van der Waals surface area contributed by atoms with Crippen LogP contribution < -0.4 is 11.0 Å². The van der Waals surface area contributed by atoms with Gasteiger partial charge in [0, 0.05) is 18.7 Å². The van der Waals surface area contributed by atoms with Crippen LogP contribution in [0.1, 0.15) is 32.8 Å². The van der Waals surface area contributed by atoms with Crippen LogP contribution in [0.15, 0.2) is 29.1 Å². The van der Waals surface area contributed by atoms with E-state index in [-0.39, 0.29) is 17.3 Å². The third-order valence-electron chi connectivity index (χ3n) is 3.81. The fourth-order valence-electron chi connectivity index (χ4n) is 2.89. The van der Waals surface area contributed by atoms with Gasteiger partial charge in [0.25, 0.3) is 0 Å². The van der Waals surface area contributed by atoms with E-state index < -0.39 is 17.4 Å². The molecular formula is C17H22F3N3O. The molecule has 2 rings (SSSR count). The second kappa shape index (κ2) is 6.75. The van der Waals surface area contributed by atoms with Gasteiger partial charge in [-0.25, -0.2) is 4.79 Å². The molecule has 7 heteroatoms. The van der Waals surface area contributed by atoms with Crippen LogP contribution in [0, 0.1) is 5.92 Å². The monoisotopic (exact) mass is 341 g/mol. The Morgan fingerprint density at radius 2 is 1.83 bits per heavy atom. The van der Waals surface area contributed by atoms with Crippen LogP contribution in [-0.4, -0.2) is 15.6 Å². The third kappa shape index (κ3) is 3.83. The summed E-state index contributed by atoms with van der Waals surface area (Å²) in [5.74, 6) is 0.737. The minimum absolute atomic E-state index is 0.0137. The van der Waals surface area contributed by atoms with Crippen molar-refractivity contribution in [1.82, 2.24) is 9.55 Å². The maximum Gasteiger partial charge on any atom is 0.417 e. The summed E-state index contributed by atoms with van der Waals surface area (Å²) in [5, 5.41) is 3.14. The number of H-pyrrole nitrogens is 1. The molecule has 24 heavy (non-hydrogen) atoms. The van der Waals surface area contributed by atoms with Gasteiger partial charge in [0.15, 0.2) is 0 Å². The lowest BCUT2D eigenvalue weighted by Crippen LogP contribution is -2.18. The van der Waals surface area contributed by atoms with E-state index in [2.05, 4.69) is 24.1 Å². The number of hydrogen-bond acceptors (Lipinski definition) is 2. The van der Waals surface area contributed by atoms with E-state index >= 15 is 0 Å². The van der Waals surface area contributed by atoms with Crippen LogP contribution in [0.5, 0.6) is 0 Å². The Balaban J connectivity index is 2.54. The summed E-state index contributed by atoms with van der Waals surface area (Å²) in [6.45, 7) is 6.06. The number of anilines is 1. The maximum absolute atomic E-state index is 13.3. The van der Waals surface area contributed by atoms with Crippen LogP contribution in [0.3, 0.4) is 0 Å². The van der Waals surface area contributed by atoms with Gasteiger partial charge in [-0.1, -0.05) is 32.0 Å². The highest BCUT2D eigenvalue weighted by atomic mass is 19.4. The number of nitrogens with one attached hydrogen (secondary N) is 2. The van der Waals surface area contributed by atoms with Crippen LogP contribution in [0.2, 0.25) is 0 Å². The minimum atomic E-state index is -4.50. The van der Waals surface area contributed by atoms with Gasteiger partial charge < -0.3 is 5.32 Å². The molecule has 0 radical (unpaired) electrons. The molecular weight excluding hydrogens is 319 g/mol. The van der Waals surface area contributed by atoms with Gasteiger partial charge in [-0.2, -0.15) is 13.2 Å². The van der Waals surface area contributed by atoms with Crippen molar-refractivity contribution in [2.24, 2.45) is 13.0 Å². The molecule has 1 aromatic carbocycles. The van der Waals surface area contributed by atoms with Gasteiger partial charge in [0.05, 0.1) is 11.3 Å². The number of hydrogen-bond donors (Lipinski definition) is 2. The zero-order valence-corrected chi connectivity index (χ0v) is 14.2. The number of aromatic nitrogens is 2. The first-order chi connectivity index (χ1) is 11.1. The van der Waals surface area contributed by atoms with Crippen LogP contribution in [-0.2, 0) is 13.2 Å². The maximum atomic E-state index is 13.3. The molecule has 1 heterocycles. The van der Waals surface area contributed by atoms with E-state index in [4.69, 9.17) is 0 Å². The summed E-state index contributed by atoms with van der Waals surface area (Å²) in [7, 11) is 1.46. The summed E-state index contributed by atoms with van der Waals surface area (Å²) in [4.78, 5) is 14.6. The Labute approximate surface area is 138 Å². The average molecular weight is 341 g/mol. The van der Waals surface area contributed by atoms with E-state index in [1.54, 1.807) is 0 Å². The molecule has 0 saturated carbocycles. The molecule has 2 aromatic rings. The van der Waals surface area contributed by atoms with Crippen molar-refractivity contribution >= 4 is 5.82 Å². The summed E-state index contributed by atoms with van der Waals surface area (Å²) in [5.41, 5.74) is -1.03. The number of benzene rings is 1. The van der Waals surface area contributed by atoms with E-state index in [9.17, 15) is 18.0 Å². The zero-order valence-electron chi connectivity index (χ0n) is 14.2. The number of alkyl halides is 3. The standard InChI is InChI=1S/C17H22F3N3O/c1-10(2)9-11(3)21-15-14(23(4)16(24)22-15)12-7-5-6-8-13(12)17(18,19)20/h5-8,10-11,21H,9H2,1-4H3,(H,22,24). The Morgan fingerprint density at radius 1 is 1.21 bits per heavy atom. The Kier molecular flexibility index (Phi) is 5.11. The lowest BCUT2D eigenvalue weighted by molar-refractivity contribution is -0.137. The molecule has 1 aromatic heterocycles. The van der Waals surface area contributed by atoms with E-state index in [0.29, 0.717) is 11.7 Å². The van der Waals surface area contributed by atoms with Crippen molar-refractivity contribution < 1.29 is 13.2 Å². The van der Waals surface area contributed by atoms with E-state index in [1.807, 2.05) is 6.92 Å². The van der Waals surface area contributed by atoms with Crippen LogP contribution >= 0.6 is 0 Å². The van der Waals surface area contributed by atoms with Gasteiger partial charge in [-0.05, 0) is 25.3 Å². The quantitative estimate of drug-likeness (QED) is 0.854. The number of nitrogens with zero attached hydrogens (tertiary/aromatic N) is 1. The predicted molar refractivity (Wildman–Crippen MR) is 89.0 cm³/mol. The number of rotatable bonds is 5. The summed E-state index contributed by atoms with van der Waals surface area (Å²) >= 11 is 0. The smallest absolute Gasteiger partial charge is 0.367 e. The molecule has 1 unspecified atom stereocenters. The SMILES string of the molecule is CC(C)CC(C)Nc1[nH]c(=O)n(C)c1-c1ccccc1C(F)(F)F. The third-order valence-corrected chi connectivity index (χ3v) is 3.81. The first kappa shape index (κ1) is 18.2.